The van der Waals surface area contributed by atoms with E-state index in [0.717, 1.165) is 5.56 Å². The van der Waals surface area contributed by atoms with Gasteiger partial charge < -0.3 is 19.3 Å². The Labute approximate surface area is 141 Å². The van der Waals surface area contributed by atoms with Gasteiger partial charge in [0.05, 0.1) is 13.7 Å². The van der Waals surface area contributed by atoms with Crippen LogP contribution in [0.3, 0.4) is 0 Å². The van der Waals surface area contributed by atoms with Crippen molar-refractivity contribution in [3.8, 4) is 11.5 Å². The average Bonchev–Trinajstić information content (AvgIpc) is 2.60. The van der Waals surface area contributed by atoms with Gasteiger partial charge in [0.25, 0.3) is 0 Å². The van der Waals surface area contributed by atoms with Crippen molar-refractivity contribution < 1.29 is 24.1 Å². The van der Waals surface area contributed by atoms with Gasteiger partial charge in [0.2, 0.25) is 5.76 Å². The Bertz CT molecular complexity index is 707. The van der Waals surface area contributed by atoms with Gasteiger partial charge in [0, 0.05) is 0 Å². The number of benzene rings is 2. The summed E-state index contributed by atoms with van der Waals surface area (Å²) < 4.78 is 16.2. The van der Waals surface area contributed by atoms with E-state index in [9.17, 15) is 4.79 Å². The molecule has 0 aliphatic heterocycles. The molecule has 5 heteroatoms. The standard InChI is InChI=1S/C19H20O5/c1-3-23-18(19(20)21)12-15-9-10-16(17(11-15)22-2)24-13-14-7-5-4-6-8-14/h4-12H,3,13H2,1-2H3,(H,20,21)/b18-12+. The summed E-state index contributed by atoms with van der Waals surface area (Å²) in [5.74, 6) is -0.106. The number of hydrogen-bond donors (Lipinski definition) is 1. The van der Waals surface area contributed by atoms with Crippen LogP contribution in [0, 0.1) is 0 Å². The Morgan fingerprint density at radius 3 is 2.50 bits per heavy atom. The van der Waals surface area contributed by atoms with Gasteiger partial charge >= 0.3 is 5.97 Å². The van der Waals surface area contributed by atoms with E-state index in [1.54, 1.807) is 32.2 Å². The Kier molecular flexibility index (Phi) is 6.25. The lowest BCUT2D eigenvalue weighted by Crippen LogP contribution is -2.04. The topological polar surface area (TPSA) is 65.0 Å². The van der Waals surface area contributed by atoms with E-state index in [2.05, 4.69) is 0 Å². The van der Waals surface area contributed by atoms with E-state index >= 15 is 0 Å². The van der Waals surface area contributed by atoms with Crippen LogP contribution in [-0.4, -0.2) is 24.8 Å². The molecule has 2 aromatic rings. The Balaban J connectivity index is 2.17. The summed E-state index contributed by atoms with van der Waals surface area (Å²) in [4.78, 5) is 11.1. The van der Waals surface area contributed by atoms with Gasteiger partial charge in [-0.15, -0.1) is 0 Å². The van der Waals surface area contributed by atoms with E-state index in [0.29, 0.717) is 23.7 Å². The number of methoxy groups -OCH3 is 1. The van der Waals surface area contributed by atoms with Crippen molar-refractivity contribution in [1.82, 2.24) is 0 Å². The van der Waals surface area contributed by atoms with Gasteiger partial charge in [-0.2, -0.15) is 0 Å². The Hall–Kier alpha value is -2.95. The molecule has 0 aromatic heterocycles. The summed E-state index contributed by atoms with van der Waals surface area (Å²) >= 11 is 0. The second-order valence-electron chi connectivity index (χ2n) is 4.93. The minimum absolute atomic E-state index is 0.113. The van der Waals surface area contributed by atoms with E-state index in [1.165, 1.54) is 6.08 Å². The van der Waals surface area contributed by atoms with Gasteiger partial charge in [-0.25, -0.2) is 4.79 Å². The van der Waals surface area contributed by atoms with Crippen LogP contribution in [0.1, 0.15) is 18.1 Å². The molecule has 0 heterocycles. The zero-order valence-corrected chi connectivity index (χ0v) is 13.7. The minimum Gasteiger partial charge on any atom is -0.493 e. The maximum absolute atomic E-state index is 11.1. The Morgan fingerprint density at radius 2 is 1.88 bits per heavy atom. The van der Waals surface area contributed by atoms with Gasteiger partial charge in [0.1, 0.15) is 6.61 Å². The van der Waals surface area contributed by atoms with Crippen LogP contribution in [0.15, 0.2) is 54.3 Å². The third-order valence-corrected chi connectivity index (χ3v) is 3.23. The summed E-state index contributed by atoms with van der Waals surface area (Å²) in [6, 6.07) is 15.0. The maximum Gasteiger partial charge on any atom is 0.371 e. The number of ether oxygens (including phenoxy) is 3. The zero-order valence-electron chi connectivity index (χ0n) is 13.7. The third-order valence-electron chi connectivity index (χ3n) is 3.23. The average molecular weight is 328 g/mol. The van der Waals surface area contributed by atoms with E-state index in [-0.39, 0.29) is 12.4 Å². The monoisotopic (exact) mass is 328 g/mol. The molecule has 0 unspecified atom stereocenters. The number of hydrogen-bond acceptors (Lipinski definition) is 4. The van der Waals surface area contributed by atoms with Crippen molar-refractivity contribution in [3.63, 3.8) is 0 Å². The molecule has 0 fully saturated rings. The molecule has 24 heavy (non-hydrogen) atoms. The third kappa shape index (κ3) is 4.78. The predicted octanol–water partition coefficient (Wildman–Crippen LogP) is 3.74. The molecule has 2 aromatic carbocycles. The van der Waals surface area contributed by atoms with Gasteiger partial charge in [0.15, 0.2) is 11.5 Å². The second kappa shape index (κ2) is 8.62. The van der Waals surface area contributed by atoms with E-state index < -0.39 is 5.97 Å². The van der Waals surface area contributed by atoms with Crippen molar-refractivity contribution in [3.05, 3.63) is 65.4 Å². The summed E-state index contributed by atoms with van der Waals surface area (Å²) in [6.45, 7) is 2.44. The molecule has 1 N–H and O–H groups in total. The highest BCUT2D eigenvalue weighted by atomic mass is 16.5. The molecule has 0 aliphatic carbocycles. The highest BCUT2D eigenvalue weighted by Gasteiger charge is 2.10. The first-order valence-corrected chi connectivity index (χ1v) is 7.56. The minimum atomic E-state index is -1.11. The fourth-order valence-corrected chi connectivity index (χ4v) is 2.10. The first-order chi connectivity index (χ1) is 11.6. The summed E-state index contributed by atoms with van der Waals surface area (Å²) in [5, 5.41) is 9.11. The summed E-state index contributed by atoms with van der Waals surface area (Å²) in [5.41, 5.74) is 1.71. The molecule has 0 atom stereocenters. The highest BCUT2D eigenvalue weighted by molar-refractivity contribution is 5.90. The van der Waals surface area contributed by atoms with Crippen LogP contribution >= 0.6 is 0 Å². The second-order valence-corrected chi connectivity index (χ2v) is 4.93. The molecule has 0 amide bonds. The highest BCUT2D eigenvalue weighted by Crippen LogP contribution is 2.29. The normalized spacial score (nSPS) is 11.0. The van der Waals surface area contributed by atoms with Crippen molar-refractivity contribution >= 4 is 12.0 Å². The van der Waals surface area contributed by atoms with Crippen molar-refractivity contribution in [2.75, 3.05) is 13.7 Å². The summed E-state index contributed by atoms with van der Waals surface area (Å²) in [6.07, 6.45) is 1.45. The number of carboxylic acids is 1. The van der Waals surface area contributed by atoms with E-state index in [4.69, 9.17) is 19.3 Å². The SMILES string of the molecule is CCO/C(=C/c1ccc(OCc2ccccc2)c(OC)c1)C(=O)O. The quantitative estimate of drug-likeness (QED) is 0.591. The van der Waals surface area contributed by atoms with Crippen molar-refractivity contribution in [1.29, 1.82) is 0 Å². The molecule has 0 aliphatic rings. The fourth-order valence-electron chi connectivity index (χ4n) is 2.10. The first-order valence-electron chi connectivity index (χ1n) is 7.56. The predicted molar refractivity (Wildman–Crippen MR) is 91.0 cm³/mol. The summed E-state index contributed by atoms with van der Waals surface area (Å²) in [7, 11) is 1.54. The van der Waals surface area contributed by atoms with Crippen LogP contribution in [0.2, 0.25) is 0 Å². The van der Waals surface area contributed by atoms with Crippen LogP contribution in [-0.2, 0) is 16.1 Å². The van der Waals surface area contributed by atoms with Gasteiger partial charge in [-0.05, 0) is 36.3 Å². The number of carbonyl (C=O) groups is 1. The lowest BCUT2D eigenvalue weighted by atomic mass is 10.1. The van der Waals surface area contributed by atoms with Crippen LogP contribution in [0.5, 0.6) is 11.5 Å². The molecule has 0 spiro atoms. The fraction of sp³-hybridized carbons (Fsp3) is 0.211. The molecule has 0 saturated carbocycles. The number of rotatable bonds is 8. The molecule has 5 nitrogen and oxygen atoms in total. The van der Waals surface area contributed by atoms with Crippen LogP contribution < -0.4 is 9.47 Å². The van der Waals surface area contributed by atoms with Crippen molar-refractivity contribution in [2.45, 2.75) is 13.5 Å². The van der Waals surface area contributed by atoms with E-state index in [1.807, 2.05) is 30.3 Å². The molecule has 0 radical (unpaired) electrons. The van der Waals surface area contributed by atoms with Gasteiger partial charge in [-0.1, -0.05) is 36.4 Å². The van der Waals surface area contributed by atoms with Gasteiger partial charge in [-0.3, -0.25) is 0 Å². The molecule has 2 rings (SSSR count). The first kappa shape index (κ1) is 17.4. The molecular formula is C19H20O5. The largest absolute Gasteiger partial charge is 0.493 e. The molecule has 126 valence electrons. The smallest absolute Gasteiger partial charge is 0.371 e. The lowest BCUT2D eigenvalue weighted by molar-refractivity contribution is -0.136. The number of carboxylic acid groups (broad SMARTS) is 1. The Morgan fingerprint density at radius 1 is 1.12 bits per heavy atom. The van der Waals surface area contributed by atoms with Crippen LogP contribution in [0.4, 0.5) is 0 Å². The van der Waals surface area contributed by atoms with Crippen LogP contribution in [0.25, 0.3) is 6.08 Å². The maximum atomic E-state index is 11.1. The molecule has 0 bridgehead atoms. The number of aliphatic carboxylic acids is 1. The zero-order chi connectivity index (χ0) is 17.4. The molecular weight excluding hydrogens is 308 g/mol. The molecule has 0 saturated heterocycles. The van der Waals surface area contributed by atoms with Crippen molar-refractivity contribution in [2.24, 2.45) is 0 Å². The lowest BCUT2D eigenvalue weighted by Gasteiger charge is -2.12.